The van der Waals surface area contributed by atoms with E-state index in [9.17, 15) is 0 Å². The molecule has 3 heteroatoms. The standard InChI is InChI=1S/C30H21N3/c1-4-10-22(11-5-1)16-17-23-18-19-28-25(20-23)21-27-29(24-12-6-2-7-13-24)32-33(30(27)31-28)26-14-8-3-9-15-26/h1-21H/b17-16+. The fourth-order valence-electron chi connectivity index (χ4n) is 4.14. The van der Waals surface area contributed by atoms with Crippen LogP contribution in [0.4, 0.5) is 0 Å². The van der Waals surface area contributed by atoms with Crippen molar-refractivity contribution < 1.29 is 0 Å². The molecule has 3 nitrogen and oxygen atoms in total. The second-order valence-electron chi connectivity index (χ2n) is 8.02. The zero-order valence-electron chi connectivity index (χ0n) is 18.0. The minimum atomic E-state index is 0.861. The van der Waals surface area contributed by atoms with Crippen LogP contribution in [0.15, 0.2) is 115 Å². The van der Waals surface area contributed by atoms with Crippen molar-refractivity contribution in [3.63, 3.8) is 0 Å². The van der Waals surface area contributed by atoms with Crippen LogP contribution in [-0.2, 0) is 0 Å². The summed E-state index contributed by atoms with van der Waals surface area (Å²) in [6.45, 7) is 0. The largest absolute Gasteiger partial charge is 0.228 e. The molecule has 4 aromatic carbocycles. The molecule has 0 aliphatic rings. The van der Waals surface area contributed by atoms with E-state index in [-0.39, 0.29) is 0 Å². The lowest BCUT2D eigenvalue weighted by Crippen LogP contribution is -1.97. The van der Waals surface area contributed by atoms with E-state index in [1.807, 2.05) is 47.1 Å². The highest BCUT2D eigenvalue weighted by Crippen LogP contribution is 2.31. The number of hydrogen-bond donors (Lipinski definition) is 0. The molecule has 0 radical (unpaired) electrons. The first-order valence-electron chi connectivity index (χ1n) is 11.0. The Morgan fingerprint density at radius 3 is 2.03 bits per heavy atom. The van der Waals surface area contributed by atoms with Gasteiger partial charge in [-0.3, -0.25) is 0 Å². The summed E-state index contributed by atoms with van der Waals surface area (Å²) in [4.78, 5) is 5.04. The molecule has 2 heterocycles. The third-order valence-corrected chi connectivity index (χ3v) is 5.79. The van der Waals surface area contributed by atoms with E-state index in [0.717, 1.165) is 44.4 Å². The van der Waals surface area contributed by atoms with Crippen LogP contribution in [-0.4, -0.2) is 14.8 Å². The highest BCUT2D eigenvalue weighted by atomic mass is 15.3. The highest BCUT2D eigenvalue weighted by Gasteiger charge is 2.16. The number of benzene rings is 4. The smallest absolute Gasteiger partial charge is 0.164 e. The summed E-state index contributed by atoms with van der Waals surface area (Å²) in [5, 5.41) is 7.13. The average molecular weight is 424 g/mol. The van der Waals surface area contributed by atoms with Gasteiger partial charge in [0.2, 0.25) is 0 Å². The van der Waals surface area contributed by atoms with Crippen molar-refractivity contribution in [2.24, 2.45) is 0 Å². The third kappa shape index (κ3) is 3.70. The molecule has 0 spiro atoms. The Morgan fingerprint density at radius 1 is 0.606 bits per heavy atom. The highest BCUT2D eigenvalue weighted by molar-refractivity contribution is 6.00. The van der Waals surface area contributed by atoms with Crippen molar-refractivity contribution in [3.8, 4) is 16.9 Å². The SMILES string of the molecule is C(=C\c1ccc2nc3c(cc2c1)c(-c1ccccc1)nn3-c1ccccc1)/c1ccccc1. The predicted molar refractivity (Wildman–Crippen MR) is 137 cm³/mol. The van der Waals surface area contributed by atoms with Crippen molar-refractivity contribution in [1.82, 2.24) is 14.8 Å². The first-order chi connectivity index (χ1) is 16.3. The second-order valence-corrected chi connectivity index (χ2v) is 8.02. The van der Waals surface area contributed by atoms with Gasteiger partial charge in [0.25, 0.3) is 0 Å². The number of hydrogen-bond acceptors (Lipinski definition) is 2. The summed E-state index contributed by atoms with van der Waals surface area (Å²) >= 11 is 0. The van der Waals surface area contributed by atoms with Crippen LogP contribution in [0.2, 0.25) is 0 Å². The van der Waals surface area contributed by atoms with Gasteiger partial charge in [-0.15, -0.1) is 0 Å². The van der Waals surface area contributed by atoms with Gasteiger partial charge in [-0.2, -0.15) is 5.10 Å². The van der Waals surface area contributed by atoms with E-state index in [0.29, 0.717) is 0 Å². The van der Waals surface area contributed by atoms with Gasteiger partial charge in [0.15, 0.2) is 5.65 Å². The van der Waals surface area contributed by atoms with Crippen LogP contribution in [0.1, 0.15) is 11.1 Å². The van der Waals surface area contributed by atoms with Crippen LogP contribution in [0.3, 0.4) is 0 Å². The van der Waals surface area contributed by atoms with Crippen molar-refractivity contribution in [2.45, 2.75) is 0 Å². The first kappa shape index (κ1) is 19.2. The molecular formula is C30H21N3. The van der Waals surface area contributed by atoms with E-state index >= 15 is 0 Å². The minimum Gasteiger partial charge on any atom is -0.228 e. The fourth-order valence-corrected chi connectivity index (χ4v) is 4.14. The monoisotopic (exact) mass is 423 g/mol. The van der Waals surface area contributed by atoms with Gasteiger partial charge in [0.1, 0.15) is 5.69 Å². The summed E-state index contributed by atoms with van der Waals surface area (Å²) in [5.74, 6) is 0. The molecule has 0 saturated carbocycles. The first-order valence-corrected chi connectivity index (χ1v) is 11.0. The Balaban J connectivity index is 1.53. The zero-order valence-corrected chi connectivity index (χ0v) is 18.0. The quantitative estimate of drug-likeness (QED) is 0.276. The molecule has 0 aliphatic heterocycles. The maximum atomic E-state index is 5.04. The van der Waals surface area contributed by atoms with Gasteiger partial charge >= 0.3 is 0 Å². The number of nitrogens with zero attached hydrogens (tertiary/aromatic N) is 3. The van der Waals surface area contributed by atoms with E-state index in [2.05, 4.69) is 84.9 Å². The Bertz CT molecular complexity index is 1580. The maximum Gasteiger partial charge on any atom is 0.164 e. The van der Waals surface area contributed by atoms with Gasteiger partial charge in [-0.1, -0.05) is 97.1 Å². The molecule has 6 aromatic rings. The molecule has 0 saturated heterocycles. The Morgan fingerprint density at radius 2 is 1.27 bits per heavy atom. The molecule has 0 amide bonds. The molecule has 0 fully saturated rings. The van der Waals surface area contributed by atoms with Crippen LogP contribution in [0, 0.1) is 0 Å². The number of aromatic nitrogens is 3. The molecule has 6 rings (SSSR count). The van der Waals surface area contributed by atoms with Gasteiger partial charge < -0.3 is 0 Å². The Kier molecular flexibility index (Phi) is 4.78. The molecule has 0 unspecified atom stereocenters. The number of para-hydroxylation sites is 1. The van der Waals surface area contributed by atoms with E-state index < -0.39 is 0 Å². The van der Waals surface area contributed by atoms with Gasteiger partial charge in [-0.05, 0) is 41.5 Å². The Labute approximate surface area is 192 Å². The van der Waals surface area contributed by atoms with Gasteiger partial charge in [0.05, 0.1) is 11.2 Å². The number of rotatable bonds is 4. The molecular weight excluding hydrogens is 402 g/mol. The number of pyridine rings is 1. The minimum absolute atomic E-state index is 0.861. The lowest BCUT2D eigenvalue weighted by molar-refractivity contribution is 0.903. The lowest BCUT2D eigenvalue weighted by atomic mass is 10.1. The van der Waals surface area contributed by atoms with Gasteiger partial charge in [0, 0.05) is 16.3 Å². The van der Waals surface area contributed by atoms with Crippen LogP contribution < -0.4 is 0 Å². The topological polar surface area (TPSA) is 30.7 Å². The molecule has 156 valence electrons. The molecule has 2 aromatic heterocycles. The normalized spacial score (nSPS) is 11.5. The second kappa shape index (κ2) is 8.21. The number of fused-ring (bicyclic) bond motifs is 2. The van der Waals surface area contributed by atoms with Crippen molar-refractivity contribution >= 4 is 34.1 Å². The maximum absolute atomic E-state index is 5.04. The molecule has 0 bridgehead atoms. The summed E-state index contributed by atoms with van der Waals surface area (Å²) in [6, 6.07) is 39.4. The van der Waals surface area contributed by atoms with Gasteiger partial charge in [-0.25, -0.2) is 9.67 Å². The van der Waals surface area contributed by atoms with Crippen LogP contribution >= 0.6 is 0 Å². The van der Waals surface area contributed by atoms with E-state index in [1.165, 1.54) is 5.56 Å². The molecule has 0 atom stereocenters. The fraction of sp³-hybridized carbons (Fsp3) is 0. The van der Waals surface area contributed by atoms with Crippen molar-refractivity contribution in [1.29, 1.82) is 0 Å². The molecule has 0 N–H and O–H groups in total. The van der Waals surface area contributed by atoms with Crippen molar-refractivity contribution in [3.05, 3.63) is 126 Å². The summed E-state index contributed by atoms with van der Waals surface area (Å²) < 4.78 is 1.94. The van der Waals surface area contributed by atoms with Crippen molar-refractivity contribution in [2.75, 3.05) is 0 Å². The lowest BCUT2D eigenvalue weighted by Gasteiger charge is -2.04. The molecule has 0 aliphatic carbocycles. The Hall–Kier alpha value is -4.50. The zero-order chi connectivity index (χ0) is 22.0. The third-order valence-electron chi connectivity index (χ3n) is 5.79. The summed E-state index contributed by atoms with van der Waals surface area (Å²) in [5.41, 5.74) is 7.16. The predicted octanol–water partition coefficient (Wildman–Crippen LogP) is 7.41. The summed E-state index contributed by atoms with van der Waals surface area (Å²) in [6.07, 6.45) is 4.28. The molecule has 33 heavy (non-hydrogen) atoms. The van der Waals surface area contributed by atoms with E-state index in [4.69, 9.17) is 10.1 Å². The van der Waals surface area contributed by atoms with Crippen LogP contribution in [0.25, 0.3) is 51.0 Å². The van der Waals surface area contributed by atoms with Crippen LogP contribution in [0.5, 0.6) is 0 Å². The average Bonchev–Trinajstić information content (AvgIpc) is 3.26. The summed E-state index contributed by atoms with van der Waals surface area (Å²) in [7, 11) is 0. The van der Waals surface area contributed by atoms with E-state index in [1.54, 1.807) is 0 Å².